The van der Waals surface area contributed by atoms with Crippen molar-refractivity contribution in [2.75, 3.05) is 13.6 Å². The van der Waals surface area contributed by atoms with Crippen LogP contribution in [0.15, 0.2) is 0 Å². The van der Waals surface area contributed by atoms with Gasteiger partial charge in [-0.2, -0.15) is 0 Å². The van der Waals surface area contributed by atoms with Gasteiger partial charge in [0, 0.05) is 13.6 Å². The van der Waals surface area contributed by atoms with Crippen molar-refractivity contribution in [3.05, 3.63) is 0 Å². The molecule has 0 aliphatic rings. The SMILES string of the molecule is CCC(C(=O)O)N(C)C(=O)C(C)(C)CN. The standard InChI is InChI=1S/C10H20N2O3/c1-5-7(8(13)14)12(4)9(15)10(2,3)6-11/h7H,5-6,11H2,1-4H3,(H,13,14). The van der Waals surface area contributed by atoms with Crippen molar-refractivity contribution in [2.45, 2.75) is 33.2 Å². The van der Waals surface area contributed by atoms with E-state index in [1.807, 2.05) is 0 Å². The van der Waals surface area contributed by atoms with Crippen molar-refractivity contribution in [2.24, 2.45) is 11.1 Å². The predicted octanol–water partition coefficient (Wildman–Crippen LogP) is 0.293. The summed E-state index contributed by atoms with van der Waals surface area (Å²) in [5.74, 6) is -1.22. The molecule has 0 radical (unpaired) electrons. The van der Waals surface area contributed by atoms with Crippen LogP contribution in [-0.4, -0.2) is 41.5 Å². The Morgan fingerprint density at radius 3 is 2.20 bits per heavy atom. The summed E-state index contributed by atoms with van der Waals surface area (Å²) in [7, 11) is 1.50. The molecule has 0 aliphatic carbocycles. The van der Waals surface area contributed by atoms with Crippen LogP contribution < -0.4 is 5.73 Å². The molecule has 88 valence electrons. The molecule has 5 nitrogen and oxygen atoms in total. The fourth-order valence-electron chi connectivity index (χ4n) is 1.32. The third-order valence-electron chi connectivity index (χ3n) is 2.55. The van der Waals surface area contributed by atoms with Gasteiger partial charge in [-0.15, -0.1) is 0 Å². The van der Waals surface area contributed by atoms with Crippen LogP contribution in [0.3, 0.4) is 0 Å². The number of hydrogen-bond acceptors (Lipinski definition) is 3. The van der Waals surface area contributed by atoms with Gasteiger partial charge in [0.25, 0.3) is 0 Å². The number of carboxylic acids is 1. The Bertz CT molecular complexity index is 251. The first-order valence-electron chi connectivity index (χ1n) is 4.98. The van der Waals surface area contributed by atoms with Gasteiger partial charge in [-0.1, -0.05) is 6.92 Å². The summed E-state index contributed by atoms with van der Waals surface area (Å²) in [6, 6.07) is -0.775. The van der Waals surface area contributed by atoms with E-state index in [9.17, 15) is 9.59 Å². The largest absolute Gasteiger partial charge is 0.480 e. The quantitative estimate of drug-likeness (QED) is 0.692. The van der Waals surface area contributed by atoms with E-state index in [-0.39, 0.29) is 12.5 Å². The summed E-state index contributed by atoms with van der Waals surface area (Å²) in [4.78, 5) is 24.0. The lowest BCUT2D eigenvalue weighted by Gasteiger charge is -2.31. The molecule has 0 fully saturated rings. The van der Waals surface area contributed by atoms with E-state index in [1.54, 1.807) is 20.8 Å². The van der Waals surface area contributed by atoms with Crippen LogP contribution in [0.2, 0.25) is 0 Å². The topological polar surface area (TPSA) is 83.6 Å². The van der Waals surface area contributed by atoms with Crippen LogP contribution in [0.5, 0.6) is 0 Å². The van der Waals surface area contributed by atoms with Gasteiger partial charge in [-0.05, 0) is 20.3 Å². The lowest BCUT2D eigenvalue weighted by Crippen LogP contribution is -2.49. The molecule has 0 aromatic heterocycles. The van der Waals surface area contributed by atoms with Gasteiger partial charge in [0.2, 0.25) is 5.91 Å². The Hall–Kier alpha value is -1.10. The van der Waals surface area contributed by atoms with E-state index in [0.29, 0.717) is 6.42 Å². The maximum absolute atomic E-state index is 11.9. The number of nitrogens with two attached hydrogens (primary N) is 1. The number of aliphatic carboxylic acids is 1. The molecule has 1 atom stereocenters. The number of carbonyl (C=O) groups is 2. The van der Waals surface area contributed by atoms with E-state index in [1.165, 1.54) is 11.9 Å². The average molecular weight is 216 g/mol. The van der Waals surface area contributed by atoms with Crippen LogP contribution in [-0.2, 0) is 9.59 Å². The van der Waals surface area contributed by atoms with E-state index >= 15 is 0 Å². The molecule has 0 bridgehead atoms. The molecule has 0 saturated heterocycles. The highest BCUT2D eigenvalue weighted by Gasteiger charge is 2.34. The normalized spacial score (nSPS) is 13.4. The summed E-state index contributed by atoms with van der Waals surface area (Å²) in [6.45, 7) is 5.35. The van der Waals surface area contributed by atoms with Gasteiger partial charge >= 0.3 is 5.97 Å². The summed E-state index contributed by atoms with van der Waals surface area (Å²) in [5, 5.41) is 8.91. The predicted molar refractivity (Wildman–Crippen MR) is 57.3 cm³/mol. The van der Waals surface area contributed by atoms with Crippen LogP contribution in [0.25, 0.3) is 0 Å². The highest BCUT2D eigenvalue weighted by atomic mass is 16.4. The number of carboxylic acid groups (broad SMARTS) is 1. The summed E-state index contributed by atoms with van der Waals surface area (Å²) in [5.41, 5.74) is 4.76. The van der Waals surface area contributed by atoms with Crippen molar-refractivity contribution in [3.8, 4) is 0 Å². The Balaban J connectivity index is 4.77. The average Bonchev–Trinajstić information content (AvgIpc) is 2.16. The minimum atomic E-state index is -0.985. The molecule has 0 aromatic rings. The van der Waals surface area contributed by atoms with Gasteiger partial charge in [0.05, 0.1) is 5.41 Å². The molecule has 3 N–H and O–H groups in total. The second-order valence-corrected chi connectivity index (χ2v) is 4.27. The van der Waals surface area contributed by atoms with Crippen molar-refractivity contribution in [1.82, 2.24) is 4.90 Å². The van der Waals surface area contributed by atoms with E-state index in [0.717, 1.165) is 0 Å². The smallest absolute Gasteiger partial charge is 0.326 e. The van der Waals surface area contributed by atoms with E-state index in [4.69, 9.17) is 10.8 Å². The summed E-state index contributed by atoms with van der Waals surface area (Å²) in [6.07, 6.45) is 0.387. The Labute approximate surface area is 90.2 Å². The monoisotopic (exact) mass is 216 g/mol. The highest BCUT2D eigenvalue weighted by Crippen LogP contribution is 2.18. The van der Waals surface area contributed by atoms with Crippen molar-refractivity contribution in [3.63, 3.8) is 0 Å². The lowest BCUT2D eigenvalue weighted by molar-refractivity contribution is -0.152. The molecule has 0 rings (SSSR count). The molecular weight excluding hydrogens is 196 g/mol. The molecule has 0 aliphatic heterocycles. The first-order chi connectivity index (χ1) is 6.77. The fourth-order valence-corrected chi connectivity index (χ4v) is 1.32. The maximum Gasteiger partial charge on any atom is 0.326 e. The maximum atomic E-state index is 11.9. The first kappa shape index (κ1) is 13.9. The number of nitrogens with zero attached hydrogens (tertiary/aromatic N) is 1. The molecular formula is C10H20N2O3. The zero-order valence-electron chi connectivity index (χ0n) is 9.78. The molecule has 0 saturated carbocycles. The summed E-state index contributed by atoms with van der Waals surface area (Å²) < 4.78 is 0. The second-order valence-electron chi connectivity index (χ2n) is 4.27. The molecule has 1 amide bonds. The lowest BCUT2D eigenvalue weighted by atomic mass is 9.91. The molecule has 0 spiro atoms. The molecule has 0 heterocycles. The van der Waals surface area contributed by atoms with E-state index < -0.39 is 17.4 Å². The van der Waals surface area contributed by atoms with Crippen LogP contribution in [0.4, 0.5) is 0 Å². The first-order valence-corrected chi connectivity index (χ1v) is 4.98. The highest BCUT2D eigenvalue weighted by molar-refractivity contribution is 5.86. The van der Waals surface area contributed by atoms with Crippen LogP contribution in [0.1, 0.15) is 27.2 Å². The molecule has 15 heavy (non-hydrogen) atoms. The van der Waals surface area contributed by atoms with Crippen molar-refractivity contribution >= 4 is 11.9 Å². The number of likely N-dealkylation sites (N-methyl/N-ethyl adjacent to an activating group) is 1. The second kappa shape index (κ2) is 5.11. The molecule has 5 heteroatoms. The zero-order valence-corrected chi connectivity index (χ0v) is 9.78. The summed E-state index contributed by atoms with van der Waals surface area (Å²) >= 11 is 0. The molecule has 0 aromatic carbocycles. The number of rotatable bonds is 5. The van der Waals surface area contributed by atoms with E-state index in [2.05, 4.69) is 0 Å². The van der Waals surface area contributed by atoms with Gasteiger partial charge in [-0.3, -0.25) is 4.79 Å². The Kier molecular flexibility index (Phi) is 4.74. The van der Waals surface area contributed by atoms with Crippen LogP contribution in [0, 0.1) is 5.41 Å². The number of hydrogen-bond donors (Lipinski definition) is 2. The third-order valence-corrected chi connectivity index (χ3v) is 2.55. The van der Waals surface area contributed by atoms with Crippen molar-refractivity contribution < 1.29 is 14.7 Å². The molecule has 1 unspecified atom stereocenters. The third kappa shape index (κ3) is 3.20. The van der Waals surface area contributed by atoms with Gasteiger partial charge < -0.3 is 15.7 Å². The van der Waals surface area contributed by atoms with Crippen molar-refractivity contribution in [1.29, 1.82) is 0 Å². The number of amides is 1. The van der Waals surface area contributed by atoms with Gasteiger partial charge in [-0.25, -0.2) is 4.79 Å². The Morgan fingerprint density at radius 2 is 1.93 bits per heavy atom. The minimum absolute atomic E-state index is 0.201. The zero-order chi connectivity index (χ0) is 12.2. The minimum Gasteiger partial charge on any atom is -0.480 e. The van der Waals surface area contributed by atoms with Gasteiger partial charge in [0.1, 0.15) is 6.04 Å². The number of carbonyl (C=O) groups excluding carboxylic acids is 1. The van der Waals surface area contributed by atoms with Crippen LogP contribution >= 0.6 is 0 Å². The fraction of sp³-hybridized carbons (Fsp3) is 0.800. The van der Waals surface area contributed by atoms with Gasteiger partial charge in [0.15, 0.2) is 0 Å². The Morgan fingerprint density at radius 1 is 1.47 bits per heavy atom.